The zero-order chi connectivity index (χ0) is 13.8. The summed E-state index contributed by atoms with van der Waals surface area (Å²) in [7, 11) is 0. The van der Waals surface area contributed by atoms with E-state index in [4.69, 9.17) is 16.9 Å². The van der Waals surface area contributed by atoms with E-state index in [0.717, 1.165) is 4.47 Å². The van der Waals surface area contributed by atoms with Crippen LogP contribution < -0.4 is 5.32 Å². The van der Waals surface area contributed by atoms with E-state index in [1.807, 2.05) is 6.07 Å². The fourth-order valence-electron chi connectivity index (χ4n) is 1.37. The summed E-state index contributed by atoms with van der Waals surface area (Å²) in [5.74, 6) is -0.385. The molecule has 1 aromatic heterocycles. The second-order valence-electron chi connectivity index (χ2n) is 3.62. The second-order valence-corrected chi connectivity index (χ2v) is 4.95. The molecule has 1 heterocycles. The van der Waals surface area contributed by atoms with Crippen molar-refractivity contribution in [3.05, 3.63) is 57.3 Å². The highest BCUT2D eigenvalue weighted by molar-refractivity contribution is 9.10. The Balaban J connectivity index is 2.21. The number of amides is 1. The van der Waals surface area contributed by atoms with E-state index >= 15 is 0 Å². The SMILES string of the molecule is N#Cc1ccc(C(=O)Nc2cc(Br)ccc2Cl)nc1. The van der Waals surface area contributed by atoms with Crippen LogP contribution in [0.15, 0.2) is 41.0 Å². The van der Waals surface area contributed by atoms with Gasteiger partial charge in [0.1, 0.15) is 11.8 Å². The molecular weight excluding hydrogens is 330 g/mol. The first-order valence-corrected chi connectivity index (χ1v) is 6.40. The summed E-state index contributed by atoms with van der Waals surface area (Å²) in [5, 5.41) is 11.7. The van der Waals surface area contributed by atoms with Gasteiger partial charge in [0.05, 0.1) is 16.3 Å². The van der Waals surface area contributed by atoms with Crippen LogP contribution in [0.1, 0.15) is 16.1 Å². The van der Waals surface area contributed by atoms with Crippen molar-refractivity contribution in [2.75, 3.05) is 5.32 Å². The predicted octanol–water partition coefficient (Wildman–Crippen LogP) is 3.62. The van der Waals surface area contributed by atoms with E-state index < -0.39 is 0 Å². The van der Waals surface area contributed by atoms with Gasteiger partial charge in [0.25, 0.3) is 5.91 Å². The number of nitriles is 1. The van der Waals surface area contributed by atoms with Gasteiger partial charge in [-0.3, -0.25) is 4.79 Å². The van der Waals surface area contributed by atoms with E-state index in [9.17, 15) is 4.79 Å². The van der Waals surface area contributed by atoms with Crippen LogP contribution in [0, 0.1) is 11.3 Å². The minimum atomic E-state index is -0.385. The maximum atomic E-state index is 11.9. The number of nitrogens with one attached hydrogen (secondary N) is 1. The van der Waals surface area contributed by atoms with E-state index in [1.54, 1.807) is 18.2 Å². The quantitative estimate of drug-likeness (QED) is 0.911. The highest BCUT2D eigenvalue weighted by Crippen LogP contribution is 2.25. The number of halogens is 2. The van der Waals surface area contributed by atoms with Gasteiger partial charge in [-0.15, -0.1) is 0 Å². The number of hydrogen-bond acceptors (Lipinski definition) is 3. The number of rotatable bonds is 2. The Morgan fingerprint density at radius 3 is 2.79 bits per heavy atom. The van der Waals surface area contributed by atoms with Crippen molar-refractivity contribution in [2.24, 2.45) is 0 Å². The Kier molecular flexibility index (Phi) is 4.15. The molecule has 6 heteroatoms. The van der Waals surface area contributed by atoms with Gasteiger partial charge in [-0.2, -0.15) is 5.26 Å². The molecule has 0 aliphatic heterocycles. The molecule has 94 valence electrons. The lowest BCUT2D eigenvalue weighted by atomic mass is 10.2. The molecule has 1 N–H and O–H groups in total. The number of nitrogens with zero attached hydrogens (tertiary/aromatic N) is 2. The van der Waals surface area contributed by atoms with Gasteiger partial charge in [0, 0.05) is 10.7 Å². The standard InChI is InChI=1S/C13H7BrClN3O/c14-9-2-3-10(15)12(5-9)18-13(19)11-4-1-8(6-16)7-17-11/h1-5,7H,(H,18,19). The molecule has 1 aromatic carbocycles. The van der Waals surface area contributed by atoms with Crippen LogP contribution in [-0.2, 0) is 0 Å². The molecule has 4 nitrogen and oxygen atoms in total. The van der Waals surface area contributed by atoms with Crippen molar-refractivity contribution in [2.45, 2.75) is 0 Å². The Hall–Kier alpha value is -1.90. The molecule has 0 saturated carbocycles. The average molecular weight is 337 g/mol. The van der Waals surface area contributed by atoms with Crippen LogP contribution >= 0.6 is 27.5 Å². The van der Waals surface area contributed by atoms with Gasteiger partial charge in [-0.25, -0.2) is 4.98 Å². The summed E-state index contributed by atoms with van der Waals surface area (Å²) in [5.41, 5.74) is 1.11. The Bertz CT molecular complexity index is 665. The number of aromatic nitrogens is 1. The monoisotopic (exact) mass is 335 g/mol. The first kappa shape index (κ1) is 13.5. The van der Waals surface area contributed by atoms with Crippen LogP contribution in [0.4, 0.5) is 5.69 Å². The largest absolute Gasteiger partial charge is 0.319 e. The molecule has 0 saturated heterocycles. The van der Waals surface area contributed by atoms with Crippen LogP contribution in [0.2, 0.25) is 5.02 Å². The van der Waals surface area contributed by atoms with Crippen LogP contribution in [0.3, 0.4) is 0 Å². The predicted molar refractivity (Wildman–Crippen MR) is 76.1 cm³/mol. The topological polar surface area (TPSA) is 65.8 Å². The fourth-order valence-corrected chi connectivity index (χ4v) is 1.90. The highest BCUT2D eigenvalue weighted by Gasteiger charge is 2.10. The van der Waals surface area contributed by atoms with Crippen molar-refractivity contribution in [3.8, 4) is 6.07 Å². The molecule has 0 unspecified atom stereocenters. The third kappa shape index (κ3) is 3.31. The molecule has 0 aliphatic rings. The summed E-state index contributed by atoms with van der Waals surface area (Å²) in [4.78, 5) is 15.9. The molecular formula is C13H7BrClN3O. The average Bonchev–Trinajstić information content (AvgIpc) is 2.43. The van der Waals surface area contributed by atoms with Crippen LogP contribution in [0.5, 0.6) is 0 Å². The van der Waals surface area contributed by atoms with Crippen LogP contribution in [-0.4, -0.2) is 10.9 Å². The number of carbonyl (C=O) groups is 1. The fraction of sp³-hybridized carbons (Fsp3) is 0. The Morgan fingerprint density at radius 2 is 2.16 bits per heavy atom. The summed E-state index contributed by atoms with van der Waals surface area (Å²) in [6.07, 6.45) is 1.34. The first-order chi connectivity index (χ1) is 9.10. The Morgan fingerprint density at radius 1 is 1.37 bits per heavy atom. The summed E-state index contributed by atoms with van der Waals surface area (Å²) in [6.45, 7) is 0. The van der Waals surface area contributed by atoms with Crippen molar-refractivity contribution < 1.29 is 4.79 Å². The molecule has 2 rings (SSSR count). The number of hydrogen-bond donors (Lipinski definition) is 1. The molecule has 0 bridgehead atoms. The van der Waals surface area contributed by atoms with Crippen molar-refractivity contribution in [3.63, 3.8) is 0 Å². The minimum absolute atomic E-state index is 0.218. The number of anilines is 1. The second kappa shape index (κ2) is 5.83. The molecule has 0 fully saturated rings. The third-order valence-electron chi connectivity index (χ3n) is 2.30. The third-order valence-corrected chi connectivity index (χ3v) is 3.12. The lowest BCUT2D eigenvalue weighted by molar-refractivity contribution is 0.102. The summed E-state index contributed by atoms with van der Waals surface area (Å²) in [6, 6.07) is 10.1. The zero-order valence-corrected chi connectivity index (χ0v) is 11.9. The van der Waals surface area contributed by atoms with Gasteiger partial charge >= 0.3 is 0 Å². The van der Waals surface area contributed by atoms with Crippen molar-refractivity contribution >= 4 is 39.1 Å². The molecule has 0 atom stereocenters. The maximum absolute atomic E-state index is 11.9. The normalized spacial score (nSPS) is 9.74. The van der Waals surface area contributed by atoms with Gasteiger partial charge in [-0.1, -0.05) is 27.5 Å². The Labute approximate surface area is 123 Å². The van der Waals surface area contributed by atoms with E-state index in [-0.39, 0.29) is 11.6 Å². The minimum Gasteiger partial charge on any atom is -0.319 e. The van der Waals surface area contributed by atoms with Crippen molar-refractivity contribution in [1.29, 1.82) is 5.26 Å². The number of benzene rings is 1. The van der Waals surface area contributed by atoms with E-state index in [1.165, 1.54) is 18.3 Å². The van der Waals surface area contributed by atoms with Gasteiger partial charge in [0.15, 0.2) is 0 Å². The molecule has 0 radical (unpaired) electrons. The van der Waals surface area contributed by atoms with Crippen molar-refractivity contribution in [1.82, 2.24) is 4.98 Å². The summed E-state index contributed by atoms with van der Waals surface area (Å²) < 4.78 is 0.806. The lowest BCUT2D eigenvalue weighted by Gasteiger charge is -2.07. The van der Waals surface area contributed by atoms with E-state index in [0.29, 0.717) is 16.3 Å². The molecule has 2 aromatic rings. The number of pyridine rings is 1. The lowest BCUT2D eigenvalue weighted by Crippen LogP contribution is -2.13. The first-order valence-electron chi connectivity index (χ1n) is 5.22. The van der Waals surface area contributed by atoms with Gasteiger partial charge < -0.3 is 5.32 Å². The molecule has 1 amide bonds. The smallest absolute Gasteiger partial charge is 0.274 e. The zero-order valence-electron chi connectivity index (χ0n) is 9.52. The molecule has 0 aliphatic carbocycles. The maximum Gasteiger partial charge on any atom is 0.274 e. The van der Waals surface area contributed by atoms with Crippen LogP contribution in [0.25, 0.3) is 0 Å². The van der Waals surface area contributed by atoms with Gasteiger partial charge in [0.2, 0.25) is 0 Å². The van der Waals surface area contributed by atoms with Gasteiger partial charge in [-0.05, 0) is 30.3 Å². The molecule has 0 spiro atoms. The molecule has 19 heavy (non-hydrogen) atoms. The highest BCUT2D eigenvalue weighted by atomic mass is 79.9. The number of carbonyl (C=O) groups excluding carboxylic acids is 1. The van der Waals surface area contributed by atoms with E-state index in [2.05, 4.69) is 26.2 Å². The summed E-state index contributed by atoms with van der Waals surface area (Å²) >= 11 is 9.28.